The molecule has 134 valence electrons. The molecule has 3 rings (SSSR count). The van der Waals surface area contributed by atoms with Crippen LogP contribution in [-0.2, 0) is 15.2 Å². The first-order chi connectivity index (χ1) is 12.4. The number of rotatable bonds is 4. The summed E-state index contributed by atoms with van der Waals surface area (Å²) in [7, 11) is 0. The maximum atomic E-state index is 12.0. The summed E-state index contributed by atoms with van der Waals surface area (Å²) in [5.74, 6) is -1.68. The molecule has 0 saturated carbocycles. The maximum absolute atomic E-state index is 12.0. The van der Waals surface area contributed by atoms with Gasteiger partial charge >= 0.3 is 11.8 Å². The molecule has 26 heavy (non-hydrogen) atoms. The second kappa shape index (κ2) is 7.45. The minimum atomic E-state index is -1.29. The molecular formula is C19H17ClN2O3S. The number of para-hydroxylation sites is 1. The lowest BCUT2D eigenvalue weighted by atomic mass is 10.0. The minimum Gasteiger partial charge on any atom is -0.383 e. The van der Waals surface area contributed by atoms with Crippen LogP contribution in [0.3, 0.4) is 0 Å². The van der Waals surface area contributed by atoms with Gasteiger partial charge in [0.1, 0.15) is 5.60 Å². The van der Waals surface area contributed by atoms with Gasteiger partial charge in [-0.1, -0.05) is 41.9 Å². The Hall–Kier alpha value is -2.41. The van der Waals surface area contributed by atoms with Crippen molar-refractivity contribution in [3.8, 4) is 0 Å². The number of carbonyl (C=O) groups excluding carboxylic acids is 2. The molecule has 0 aliphatic carbocycles. The van der Waals surface area contributed by atoms with Crippen LogP contribution in [0.4, 0.5) is 5.69 Å². The smallest absolute Gasteiger partial charge is 0.313 e. The fourth-order valence-corrected chi connectivity index (χ4v) is 3.70. The number of fused-ring (bicyclic) bond motifs is 1. The van der Waals surface area contributed by atoms with Crippen LogP contribution >= 0.6 is 22.9 Å². The molecule has 0 aliphatic heterocycles. The molecule has 3 aromatic rings. The van der Waals surface area contributed by atoms with Gasteiger partial charge in [0.2, 0.25) is 0 Å². The molecule has 0 radical (unpaired) electrons. The molecule has 1 heterocycles. The van der Waals surface area contributed by atoms with Crippen LogP contribution in [0.15, 0.2) is 54.6 Å². The molecular weight excluding hydrogens is 372 g/mol. The highest BCUT2D eigenvalue weighted by atomic mass is 35.5. The summed E-state index contributed by atoms with van der Waals surface area (Å²) in [4.78, 5) is 24.7. The predicted molar refractivity (Wildman–Crippen MR) is 104 cm³/mol. The lowest BCUT2D eigenvalue weighted by molar-refractivity contribution is -0.136. The third kappa shape index (κ3) is 4.04. The fourth-order valence-electron chi connectivity index (χ4n) is 2.41. The van der Waals surface area contributed by atoms with Crippen LogP contribution in [-0.4, -0.2) is 23.5 Å². The van der Waals surface area contributed by atoms with Crippen LogP contribution in [0.25, 0.3) is 10.1 Å². The lowest BCUT2D eigenvalue weighted by Gasteiger charge is -2.22. The van der Waals surface area contributed by atoms with Crippen molar-refractivity contribution in [2.45, 2.75) is 12.5 Å². The van der Waals surface area contributed by atoms with E-state index in [1.807, 2.05) is 30.3 Å². The first-order valence-electron chi connectivity index (χ1n) is 7.92. The minimum absolute atomic E-state index is 0.0887. The third-order valence-corrected chi connectivity index (χ3v) is 5.58. The van der Waals surface area contributed by atoms with Gasteiger partial charge in [0.25, 0.3) is 0 Å². The van der Waals surface area contributed by atoms with Crippen molar-refractivity contribution in [3.05, 3.63) is 64.5 Å². The number of carbonyl (C=O) groups is 2. The van der Waals surface area contributed by atoms with E-state index in [2.05, 4.69) is 10.6 Å². The van der Waals surface area contributed by atoms with Gasteiger partial charge in [-0.2, -0.15) is 0 Å². The predicted octanol–water partition coefficient (Wildman–Crippen LogP) is 3.52. The average molecular weight is 389 g/mol. The van der Waals surface area contributed by atoms with Gasteiger partial charge in [0, 0.05) is 9.58 Å². The average Bonchev–Trinajstić information content (AvgIpc) is 3.07. The summed E-state index contributed by atoms with van der Waals surface area (Å²) in [6, 6.07) is 16.3. The van der Waals surface area contributed by atoms with E-state index in [1.165, 1.54) is 11.3 Å². The van der Waals surface area contributed by atoms with Crippen molar-refractivity contribution in [1.29, 1.82) is 0 Å². The van der Waals surface area contributed by atoms with Gasteiger partial charge in [-0.05, 0) is 36.6 Å². The maximum Gasteiger partial charge on any atom is 0.313 e. The molecule has 1 unspecified atom stereocenters. The number of thiophene rings is 1. The Kier molecular flexibility index (Phi) is 5.27. The van der Waals surface area contributed by atoms with E-state index in [9.17, 15) is 14.7 Å². The summed E-state index contributed by atoms with van der Waals surface area (Å²) in [5.41, 5.74) is -0.935. The second-order valence-corrected chi connectivity index (χ2v) is 7.53. The summed E-state index contributed by atoms with van der Waals surface area (Å²) in [6.07, 6.45) is 0. The number of hydrogen-bond donors (Lipinski definition) is 3. The van der Waals surface area contributed by atoms with Crippen LogP contribution < -0.4 is 10.6 Å². The van der Waals surface area contributed by atoms with E-state index in [0.717, 1.165) is 10.1 Å². The summed E-state index contributed by atoms with van der Waals surface area (Å²) < 4.78 is 1.05. The highest BCUT2D eigenvalue weighted by Gasteiger charge is 2.27. The first-order valence-corrected chi connectivity index (χ1v) is 9.11. The molecule has 0 aliphatic rings. The van der Waals surface area contributed by atoms with Gasteiger partial charge in [0.05, 0.1) is 17.3 Å². The van der Waals surface area contributed by atoms with Crippen molar-refractivity contribution < 1.29 is 14.7 Å². The number of aliphatic hydroxyl groups is 1. The highest BCUT2D eigenvalue weighted by Crippen LogP contribution is 2.32. The number of hydrogen-bond acceptors (Lipinski definition) is 4. The molecule has 0 bridgehead atoms. The third-order valence-electron chi connectivity index (χ3n) is 3.88. The van der Waals surface area contributed by atoms with Gasteiger partial charge in [0.15, 0.2) is 0 Å². The summed E-state index contributed by atoms with van der Waals surface area (Å²) >= 11 is 7.41. The Morgan fingerprint density at radius 1 is 1.12 bits per heavy atom. The Morgan fingerprint density at radius 3 is 2.54 bits per heavy atom. The molecule has 7 heteroatoms. The standard InChI is InChI=1S/C19H17ClN2O3S/c1-19(25,16-10-12-6-2-5-9-15(12)26-16)11-21-17(23)18(24)22-14-8-4-3-7-13(14)20/h2-10,25H,11H2,1H3,(H,21,23)(H,22,24). The molecule has 0 fully saturated rings. The van der Waals surface area contributed by atoms with E-state index in [1.54, 1.807) is 31.2 Å². The molecule has 3 N–H and O–H groups in total. The number of halogens is 1. The number of anilines is 1. The van der Waals surface area contributed by atoms with Gasteiger partial charge in [-0.15, -0.1) is 11.3 Å². The number of nitrogens with one attached hydrogen (secondary N) is 2. The Bertz CT molecular complexity index is 935. The summed E-state index contributed by atoms with van der Waals surface area (Å²) in [5, 5.41) is 17.0. The zero-order valence-corrected chi connectivity index (χ0v) is 15.5. The Labute approximate surface area is 159 Å². The van der Waals surface area contributed by atoms with Gasteiger partial charge in [-0.3, -0.25) is 9.59 Å². The monoisotopic (exact) mass is 388 g/mol. The van der Waals surface area contributed by atoms with Crippen molar-refractivity contribution in [1.82, 2.24) is 5.32 Å². The largest absolute Gasteiger partial charge is 0.383 e. The number of amides is 2. The zero-order valence-electron chi connectivity index (χ0n) is 14.0. The number of benzene rings is 2. The molecule has 2 aromatic carbocycles. The molecule has 5 nitrogen and oxygen atoms in total. The molecule has 0 spiro atoms. The quantitative estimate of drug-likeness (QED) is 0.598. The second-order valence-electron chi connectivity index (χ2n) is 6.04. The first kappa shape index (κ1) is 18.4. The fraction of sp³-hybridized carbons (Fsp3) is 0.158. The highest BCUT2D eigenvalue weighted by molar-refractivity contribution is 7.19. The van der Waals surface area contributed by atoms with Crippen molar-refractivity contribution >= 4 is 50.5 Å². The van der Waals surface area contributed by atoms with E-state index in [4.69, 9.17) is 11.6 Å². The Balaban J connectivity index is 1.64. The van der Waals surface area contributed by atoms with E-state index >= 15 is 0 Å². The lowest BCUT2D eigenvalue weighted by Crippen LogP contribution is -2.43. The van der Waals surface area contributed by atoms with Gasteiger partial charge in [-0.25, -0.2) is 0 Å². The normalized spacial score (nSPS) is 13.2. The van der Waals surface area contributed by atoms with E-state index in [-0.39, 0.29) is 6.54 Å². The molecule has 1 aromatic heterocycles. The van der Waals surface area contributed by atoms with E-state index in [0.29, 0.717) is 15.6 Å². The van der Waals surface area contributed by atoms with Crippen molar-refractivity contribution in [3.63, 3.8) is 0 Å². The van der Waals surface area contributed by atoms with Gasteiger partial charge < -0.3 is 15.7 Å². The van der Waals surface area contributed by atoms with E-state index < -0.39 is 17.4 Å². The zero-order chi connectivity index (χ0) is 18.7. The van der Waals surface area contributed by atoms with Crippen LogP contribution in [0.5, 0.6) is 0 Å². The molecule has 2 amide bonds. The van der Waals surface area contributed by atoms with Crippen molar-refractivity contribution in [2.24, 2.45) is 0 Å². The van der Waals surface area contributed by atoms with Crippen LogP contribution in [0.1, 0.15) is 11.8 Å². The molecule has 0 saturated heterocycles. The molecule has 1 atom stereocenters. The van der Waals surface area contributed by atoms with Crippen LogP contribution in [0, 0.1) is 0 Å². The van der Waals surface area contributed by atoms with Crippen molar-refractivity contribution in [2.75, 3.05) is 11.9 Å². The van der Waals surface area contributed by atoms with Crippen LogP contribution in [0.2, 0.25) is 5.02 Å². The topological polar surface area (TPSA) is 78.4 Å². The Morgan fingerprint density at radius 2 is 1.81 bits per heavy atom. The SMILES string of the molecule is CC(O)(CNC(=O)C(=O)Nc1ccccc1Cl)c1cc2ccccc2s1. The summed E-state index contributed by atoms with van der Waals surface area (Å²) in [6.45, 7) is 1.51.